The molecule has 4 aromatic rings. The van der Waals surface area contributed by atoms with Crippen LogP contribution < -0.4 is 4.72 Å². The number of rotatable bonds is 5. The van der Waals surface area contributed by atoms with Crippen molar-refractivity contribution in [2.75, 3.05) is 10.5 Å². The summed E-state index contributed by atoms with van der Waals surface area (Å²) in [7, 11) is -3.31. The van der Waals surface area contributed by atoms with Crippen molar-refractivity contribution in [3.63, 3.8) is 0 Å². The molecule has 1 N–H and O–H groups in total. The van der Waals surface area contributed by atoms with Gasteiger partial charge in [0.1, 0.15) is 0 Å². The van der Waals surface area contributed by atoms with E-state index < -0.39 is 10.0 Å². The molecule has 0 unspecified atom stereocenters. The van der Waals surface area contributed by atoms with Crippen molar-refractivity contribution in [3.05, 3.63) is 83.9 Å². The minimum absolute atomic E-state index is 0.0299. The van der Waals surface area contributed by atoms with Gasteiger partial charge in [0.15, 0.2) is 0 Å². The lowest BCUT2D eigenvalue weighted by Crippen LogP contribution is -2.14. The predicted octanol–water partition coefficient (Wildman–Crippen LogP) is 5.98. The van der Waals surface area contributed by atoms with Crippen molar-refractivity contribution >= 4 is 38.2 Å². The van der Waals surface area contributed by atoms with Crippen LogP contribution in [-0.2, 0) is 10.0 Å². The number of sulfonamides is 1. The summed E-state index contributed by atoms with van der Waals surface area (Å²) in [5.74, 6) is 0.0299. The number of hydrogen-bond donors (Lipinski definition) is 1. The molecule has 0 atom stereocenters. The molecule has 0 aliphatic carbocycles. The Balaban J connectivity index is 1.82. The summed E-state index contributed by atoms with van der Waals surface area (Å²) in [5.41, 5.74) is 5.19. The first-order chi connectivity index (χ1) is 13.9. The first-order valence-corrected chi connectivity index (χ1v) is 11.2. The zero-order valence-corrected chi connectivity index (χ0v) is 17.3. The molecule has 0 spiro atoms. The summed E-state index contributed by atoms with van der Waals surface area (Å²) >= 11 is 6.21. The van der Waals surface area contributed by atoms with Gasteiger partial charge in [-0.1, -0.05) is 60.1 Å². The Kier molecular flexibility index (Phi) is 5.26. The molecule has 4 nitrogen and oxygen atoms in total. The van der Waals surface area contributed by atoms with E-state index in [1.54, 1.807) is 19.1 Å². The van der Waals surface area contributed by atoms with E-state index in [4.69, 9.17) is 16.6 Å². The highest BCUT2D eigenvalue weighted by molar-refractivity contribution is 7.92. The fraction of sp³-hybridized carbons (Fsp3) is 0.0870. The Bertz CT molecular complexity index is 1270. The average molecular weight is 423 g/mol. The summed E-state index contributed by atoms with van der Waals surface area (Å²) in [4.78, 5) is 4.79. The molecule has 1 aromatic heterocycles. The molecule has 3 aromatic carbocycles. The smallest absolute Gasteiger partial charge is 0.232 e. The molecular formula is C23H19ClN2O2S. The maximum atomic E-state index is 11.8. The van der Waals surface area contributed by atoms with Gasteiger partial charge in [0, 0.05) is 21.7 Å². The van der Waals surface area contributed by atoms with Crippen LogP contribution in [0.5, 0.6) is 0 Å². The topological polar surface area (TPSA) is 59.1 Å². The Morgan fingerprint density at radius 1 is 0.897 bits per heavy atom. The van der Waals surface area contributed by atoms with E-state index in [0.29, 0.717) is 10.7 Å². The number of nitrogens with zero attached hydrogens (tertiary/aromatic N) is 1. The van der Waals surface area contributed by atoms with Gasteiger partial charge in [-0.2, -0.15) is 0 Å². The molecule has 0 bridgehead atoms. The minimum Gasteiger partial charge on any atom is -0.284 e. The first kappa shape index (κ1) is 19.4. The second-order valence-electron chi connectivity index (χ2n) is 6.67. The van der Waals surface area contributed by atoms with Crippen molar-refractivity contribution in [3.8, 4) is 22.4 Å². The van der Waals surface area contributed by atoms with E-state index in [1.165, 1.54) is 0 Å². The van der Waals surface area contributed by atoms with E-state index >= 15 is 0 Å². The molecule has 4 rings (SSSR count). The lowest BCUT2D eigenvalue weighted by Gasteiger charge is -2.11. The monoisotopic (exact) mass is 422 g/mol. The van der Waals surface area contributed by atoms with Gasteiger partial charge in [-0.25, -0.2) is 13.4 Å². The van der Waals surface area contributed by atoms with Gasteiger partial charge in [0.25, 0.3) is 0 Å². The molecule has 29 heavy (non-hydrogen) atoms. The number of halogens is 1. The Morgan fingerprint density at radius 3 is 2.31 bits per heavy atom. The van der Waals surface area contributed by atoms with E-state index in [2.05, 4.69) is 22.9 Å². The maximum Gasteiger partial charge on any atom is 0.232 e. The maximum absolute atomic E-state index is 11.8. The largest absolute Gasteiger partial charge is 0.284 e. The van der Waals surface area contributed by atoms with Crippen LogP contribution in [0.4, 0.5) is 5.69 Å². The predicted molar refractivity (Wildman–Crippen MR) is 121 cm³/mol. The van der Waals surface area contributed by atoms with Crippen LogP contribution in [0.3, 0.4) is 0 Å². The van der Waals surface area contributed by atoms with Crippen LogP contribution >= 0.6 is 11.6 Å². The van der Waals surface area contributed by atoms with Crippen molar-refractivity contribution in [2.24, 2.45) is 0 Å². The van der Waals surface area contributed by atoms with E-state index in [9.17, 15) is 8.42 Å². The summed E-state index contributed by atoms with van der Waals surface area (Å²) in [6, 6.07) is 25.1. The van der Waals surface area contributed by atoms with Gasteiger partial charge in [-0.3, -0.25) is 4.72 Å². The van der Waals surface area contributed by atoms with Gasteiger partial charge in [-0.15, -0.1) is 0 Å². The van der Waals surface area contributed by atoms with Crippen LogP contribution in [0.15, 0.2) is 78.9 Å². The quantitative estimate of drug-likeness (QED) is 0.430. The normalized spacial score (nSPS) is 11.5. The first-order valence-electron chi connectivity index (χ1n) is 9.22. The number of benzene rings is 3. The standard InChI is InChI=1S/C23H19ClN2O2S/c1-2-29(27,28)26-19-11-8-17(9-12-19)22-15-21(16-6-4-3-5-7-16)20-13-10-18(24)14-23(20)25-22/h3-15,26H,2H2,1H3. The third kappa shape index (κ3) is 4.26. The fourth-order valence-corrected chi connectivity index (χ4v) is 3.97. The summed E-state index contributed by atoms with van der Waals surface area (Å²) < 4.78 is 26.1. The summed E-state index contributed by atoms with van der Waals surface area (Å²) in [6.45, 7) is 1.60. The van der Waals surface area contributed by atoms with Gasteiger partial charge in [0.2, 0.25) is 10.0 Å². The zero-order valence-electron chi connectivity index (χ0n) is 15.8. The SMILES string of the molecule is CCS(=O)(=O)Nc1ccc(-c2cc(-c3ccccc3)c3ccc(Cl)cc3n2)cc1. The van der Waals surface area contributed by atoms with E-state index in [0.717, 1.165) is 33.3 Å². The second kappa shape index (κ2) is 7.85. The molecular weight excluding hydrogens is 404 g/mol. The van der Waals surface area contributed by atoms with Crippen molar-refractivity contribution < 1.29 is 8.42 Å². The molecule has 0 amide bonds. The van der Waals surface area contributed by atoms with E-state index in [-0.39, 0.29) is 5.75 Å². The molecule has 0 radical (unpaired) electrons. The average Bonchev–Trinajstić information content (AvgIpc) is 2.73. The Hall–Kier alpha value is -2.89. The Morgan fingerprint density at radius 2 is 1.62 bits per heavy atom. The number of aromatic nitrogens is 1. The second-order valence-corrected chi connectivity index (χ2v) is 9.11. The van der Waals surface area contributed by atoms with Crippen molar-refractivity contribution in [1.29, 1.82) is 0 Å². The van der Waals surface area contributed by atoms with Crippen LogP contribution in [0.25, 0.3) is 33.3 Å². The van der Waals surface area contributed by atoms with Gasteiger partial charge >= 0.3 is 0 Å². The number of anilines is 1. The molecule has 0 saturated carbocycles. The van der Waals surface area contributed by atoms with Gasteiger partial charge in [-0.05, 0) is 48.4 Å². The number of hydrogen-bond acceptors (Lipinski definition) is 3. The van der Waals surface area contributed by atoms with Crippen LogP contribution in [0.1, 0.15) is 6.92 Å². The zero-order chi connectivity index (χ0) is 20.4. The lowest BCUT2D eigenvalue weighted by molar-refractivity contribution is 0.602. The Labute approximate surface area is 175 Å². The third-order valence-electron chi connectivity index (χ3n) is 4.69. The fourth-order valence-electron chi connectivity index (χ4n) is 3.17. The van der Waals surface area contributed by atoms with Crippen molar-refractivity contribution in [2.45, 2.75) is 6.92 Å². The molecule has 0 saturated heterocycles. The lowest BCUT2D eigenvalue weighted by atomic mass is 9.98. The van der Waals surface area contributed by atoms with Gasteiger partial charge < -0.3 is 0 Å². The van der Waals surface area contributed by atoms with Gasteiger partial charge in [0.05, 0.1) is 17.0 Å². The highest BCUT2D eigenvalue weighted by atomic mass is 35.5. The summed E-state index contributed by atoms with van der Waals surface area (Å²) in [5, 5.41) is 1.65. The molecule has 146 valence electrons. The minimum atomic E-state index is -3.31. The van der Waals surface area contributed by atoms with Crippen LogP contribution in [0.2, 0.25) is 5.02 Å². The van der Waals surface area contributed by atoms with Crippen molar-refractivity contribution in [1.82, 2.24) is 4.98 Å². The van der Waals surface area contributed by atoms with Crippen LogP contribution in [-0.4, -0.2) is 19.2 Å². The molecule has 1 heterocycles. The molecule has 0 aliphatic rings. The number of nitrogens with one attached hydrogen (secondary N) is 1. The number of fused-ring (bicyclic) bond motifs is 1. The molecule has 6 heteroatoms. The van der Waals surface area contributed by atoms with E-state index in [1.807, 2.05) is 48.5 Å². The number of pyridine rings is 1. The summed E-state index contributed by atoms with van der Waals surface area (Å²) in [6.07, 6.45) is 0. The molecule has 0 aliphatic heterocycles. The highest BCUT2D eigenvalue weighted by Gasteiger charge is 2.11. The molecule has 0 fully saturated rings. The van der Waals surface area contributed by atoms with Crippen LogP contribution in [0, 0.1) is 0 Å². The third-order valence-corrected chi connectivity index (χ3v) is 6.23. The highest BCUT2D eigenvalue weighted by Crippen LogP contribution is 2.33.